The van der Waals surface area contributed by atoms with Crippen molar-refractivity contribution >= 4 is 17.7 Å². The Morgan fingerprint density at radius 2 is 2.13 bits per heavy atom. The molecule has 88 valence electrons. The maximum absolute atomic E-state index is 11.5. The van der Waals surface area contributed by atoms with Gasteiger partial charge in [0.1, 0.15) is 6.04 Å². The van der Waals surface area contributed by atoms with E-state index in [1.807, 2.05) is 18.7 Å². The number of hydrogen-bond acceptors (Lipinski definition) is 4. The molecule has 0 spiro atoms. The highest BCUT2D eigenvalue weighted by atomic mass is 32.2. The lowest BCUT2D eigenvalue weighted by atomic mass is 10.0. The third-order valence-corrected chi connectivity index (χ3v) is 4.26. The highest BCUT2D eigenvalue weighted by Gasteiger charge is 2.33. The molecule has 0 aliphatic carbocycles. The Morgan fingerprint density at radius 3 is 2.67 bits per heavy atom. The third kappa shape index (κ3) is 3.38. The SMILES string of the molecule is CCOC(=O)[C@@H]1CS[C@@H](C(CC)CC)N1. The number of thioether (sulfide) groups is 1. The van der Waals surface area contributed by atoms with E-state index in [2.05, 4.69) is 19.2 Å². The van der Waals surface area contributed by atoms with Crippen LogP contribution in [-0.4, -0.2) is 29.7 Å². The van der Waals surface area contributed by atoms with Gasteiger partial charge in [-0.15, -0.1) is 11.8 Å². The average molecular weight is 231 g/mol. The number of ether oxygens (including phenoxy) is 1. The summed E-state index contributed by atoms with van der Waals surface area (Å²) in [7, 11) is 0. The van der Waals surface area contributed by atoms with Crippen LogP contribution >= 0.6 is 11.8 Å². The Balaban J connectivity index is 2.41. The van der Waals surface area contributed by atoms with E-state index in [1.165, 1.54) is 0 Å². The van der Waals surface area contributed by atoms with Crippen molar-refractivity contribution in [2.45, 2.75) is 45.0 Å². The normalized spacial score (nSPS) is 25.9. The van der Waals surface area contributed by atoms with Crippen LogP contribution in [0.1, 0.15) is 33.6 Å². The monoisotopic (exact) mass is 231 g/mol. The molecule has 0 saturated carbocycles. The third-order valence-electron chi connectivity index (χ3n) is 2.86. The summed E-state index contributed by atoms with van der Waals surface area (Å²) in [6.45, 7) is 6.72. The van der Waals surface area contributed by atoms with E-state index in [4.69, 9.17) is 4.74 Å². The molecule has 1 saturated heterocycles. The van der Waals surface area contributed by atoms with Crippen molar-refractivity contribution in [3.63, 3.8) is 0 Å². The van der Waals surface area contributed by atoms with E-state index in [1.54, 1.807) is 0 Å². The molecule has 1 heterocycles. The molecule has 1 N–H and O–H groups in total. The highest BCUT2D eigenvalue weighted by Crippen LogP contribution is 2.29. The molecule has 1 aliphatic rings. The Morgan fingerprint density at radius 1 is 1.47 bits per heavy atom. The molecule has 0 bridgehead atoms. The van der Waals surface area contributed by atoms with E-state index in [-0.39, 0.29) is 12.0 Å². The number of nitrogens with one attached hydrogen (secondary N) is 1. The van der Waals surface area contributed by atoms with Gasteiger partial charge in [-0.2, -0.15) is 0 Å². The minimum absolute atomic E-state index is 0.0967. The van der Waals surface area contributed by atoms with Crippen LogP contribution < -0.4 is 5.32 Å². The van der Waals surface area contributed by atoms with Gasteiger partial charge in [0.2, 0.25) is 0 Å². The van der Waals surface area contributed by atoms with Crippen LogP contribution in [0, 0.1) is 5.92 Å². The van der Waals surface area contributed by atoms with Gasteiger partial charge in [0.05, 0.1) is 12.0 Å². The summed E-state index contributed by atoms with van der Waals surface area (Å²) in [5.41, 5.74) is 0. The lowest BCUT2D eigenvalue weighted by Crippen LogP contribution is -2.40. The predicted octanol–water partition coefficient (Wildman–Crippen LogP) is 2.02. The van der Waals surface area contributed by atoms with E-state index in [9.17, 15) is 4.79 Å². The summed E-state index contributed by atoms with van der Waals surface area (Å²) < 4.78 is 5.01. The van der Waals surface area contributed by atoms with Crippen LogP contribution in [0.3, 0.4) is 0 Å². The zero-order valence-corrected chi connectivity index (χ0v) is 10.6. The molecule has 0 aromatic rings. The first-order valence-electron chi connectivity index (χ1n) is 5.77. The average Bonchev–Trinajstić information content (AvgIpc) is 2.69. The van der Waals surface area contributed by atoms with Gasteiger partial charge in [0.15, 0.2) is 0 Å². The van der Waals surface area contributed by atoms with Gasteiger partial charge in [0, 0.05) is 5.75 Å². The summed E-state index contributed by atoms with van der Waals surface area (Å²) in [5.74, 6) is 1.41. The Hall–Kier alpha value is -0.220. The summed E-state index contributed by atoms with van der Waals surface area (Å²) in [5, 5.41) is 3.79. The quantitative estimate of drug-likeness (QED) is 0.735. The highest BCUT2D eigenvalue weighted by molar-refractivity contribution is 8.00. The van der Waals surface area contributed by atoms with Crippen LogP contribution in [0.2, 0.25) is 0 Å². The van der Waals surface area contributed by atoms with Gasteiger partial charge >= 0.3 is 5.97 Å². The Labute approximate surface area is 96.3 Å². The molecule has 2 atom stereocenters. The van der Waals surface area contributed by atoms with E-state index < -0.39 is 0 Å². The van der Waals surface area contributed by atoms with Crippen molar-refractivity contribution in [1.82, 2.24) is 5.32 Å². The van der Waals surface area contributed by atoms with Gasteiger partial charge in [-0.3, -0.25) is 10.1 Å². The number of carbonyl (C=O) groups excluding carboxylic acids is 1. The maximum Gasteiger partial charge on any atom is 0.324 e. The predicted molar refractivity (Wildman–Crippen MR) is 63.9 cm³/mol. The molecule has 4 heteroatoms. The maximum atomic E-state index is 11.5. The Bertz CT molecular complexity index is 207. The number of hydrogen-bond donors (Lipinski definition) is 1. The topological polar surface area (TPSA) is 38.3 Å². The second-order valence-electron chi connectivity index (χ2n) is 3.80. The molecule has 0 amide bonds. The second-order valence-corrected chi connectivity index (χ2v) is 4.98. The molecule has 15 heavy (non-hydrogen) atoms. The van der Waals surface area contributed by atoms with Gasteiger partial charge in [0.25, 0.3) is 0 Å². The lowest BCUT2D eigenvalue weighted by molar-refractivity contribution is -0.144. The molecule has 0 unspecified atom stereocenters. The largest absolute Gasteiger partial charge is 0.465 e. The first-order chi connectivity index (χ1) is 7.22. The summed E-state index contributed by atoms with van der Waals surface area (Å²) >= 11 is 1.85. The zero-order chi connectivity index (χ0) is 11.3. The van der Waals surface area contributed by atoms with Gasteiger partial charge in [-0.05, 0) is 12.8 Å². The number of carbonyl (C=O) groups is 1. The van der Waals surface area contributed by atoms with Gasteiger partial charge in [-0.25, -0.2) is 0 Å². The van der Waals surface area contributed by atoms with Crippen molar-refractivity contribution in [2.75, 3.05) is 12.4 Å². The number of rotatable bonds is 5. The fraction of sp³-hybridized carbons (Fsp3) is 0.909. The van der Waals surface area contributed by atoms with Crippen molar-refractivity contribution in [2.24, 2.45) is 5.92 Å². The molecule has 0 radical (unpaired) electrons. The van der Waals surface area contributed by atoms with Crippen LogP contribution in [0.25, 0.3) is 0 Å². The minimum atomic E-state index is -0.0987. The molecular formula is C11H21NO2S. The summed E-state index contributed by atoms with van der Waals surface area (Å²) in [6, 6.07) is -0.0967. The van der Waals surface area contributed by atoms with Crippen LogP contribution in [-0.2, 0) is 9.53 Å². The fourth-order valence-corrected chi connectivity index (χ4v) is 3.41. The van der Waals surface area contributed by atoms with Crippen molar-refractivity contribution in [3.8, 4) is 0 Å². The van der Waals surface area contributed by atoms with Crippen LogP contribution in [0.5, 0.6) is 0 Å². The zero-order valence-electron chi connectivity index (χ0n) is 9.79. The van der Waals surface area contributed by atoms with Crippen LogP contribution in [0.15, 0.2) is 0 Å². The molecule has 0 aromatic carbocycles. The first-order valence-corrected chi connectivity index (χ1v) is 6.82. The molecule has 1 rings (SSSR count). The van der Waals surface area contributed by atoms with Gasteiger partial charge < -0.3 is 4.74 Å². The van der Waals surface area contributed by atoms with Crippen molar-refractivity contribution in [1.29, 1.82) is 0 Å². The smallest absolute Gasteiger partial charge is 0.324 e. The second kappa shape index (κ2) is 6.38. The van der Waals surface area contributed by atoms with Crippen molar-refractivity contribution in [3.05, 3.63) is 0 Å². The Kier molecular flexibility index (Phi) is 5.47. The first kappa shape index (κ1) is 12.8. The fourth-order valence-electron chi connectivity index (χ4n) is 1.86. The summed E-state index contributed by atoms with van der Waals surface area (Å²) in [4.78, 5) is 11.5. The molecule has 1 aliphatic heterocycles. The lowest BCUT2D eigenvalue weighted by Gasteiger charge is -2.20. The van der Waals surface area contributed by atoms with E-state index >= 15 is 0 Å². The summed E-state index contributed by atoms with van der Waals surface area (Å²) in [6.07, 6.45) is 2.33. The number of esters is 1. The van der Waals surface area contributed by atoms with Crippen molar-refractivity contribution < 1.29 is 9.53 Å². The molecule has 3 nitrogen and oxygen atoms in total. The van der Waals surface area contributed by atoms with E-state index in [0.717, 1.165) is 18.6 Å². The minimum Gasteiger partial charge on any atom is -0.465 e. The van der Waals surface area contributed by atoms with E-state index in [0.29, 0.717) is 17.9 Å². The van der Waals surface area contributed by atoms with Crippen LogP contribution in [0.4, 0.5) is 0 Å². The molecule has 1 fully saturated rings. The van der Waals surface area contributed by atoms with Gasteiger partial charge in [-0.1, -0.05) is 26.7 Å². The molecular weight excluding hydrogens is 210 g/mol. The molecule has 0 aromatic heterocycles. The standard InChI is InChI=1S/C11H21NO2S/c1-4-8(5-2)10-12-9(7-15-10)11(13)14-6-3/h8-10,12H,4-7H2,1-3H3/t9-,10-/m0/s1.